The third-order valence-electron chi connectivity index (χ3n) is 3.82. The maximum absolute atomic E-state index is 2.38. The number of nitrogens with zero attached hydrogens (tertiary/aromatic N) is 3. The average Bonchev–Trinajstić information content (AvgIpc) is 2.16. The Kier molecular flexibility index (Phi) is 4.56. The van der Waals surface area contributed by atoms with E-state index >= 15 is 0 Å². The van der Waals surface area contributed by atoms with Crippen LogP contribution in [0, 0.1) is 0 Å². The van der Waals surface area contributed by atoms with Gasteiger partial charge in [-0.2, -0.15) is 0 Å². The first-order valence-electron chi connectivity index (χ1n) is 5.91. The number of rotatable bonds is 3. The van der Waals surface area contributed by atoms with Gasteiger partial charge in [-0.05, 0) is 61.5 Å². The molecule has 0 spiro atoms. The van der Waals surface area contributed by atoms with E-state index in [-0.39, 0.29) is 0 Å². The van der Waals surface area contributed by atoms with Crippen molar-refractivity contribution < 1.29 is 0 Å². The summed E-state index contributed by atoms with van der Waals surface area (Å²) in [5.74, 6) is 0. The van der Waals surface area contributed by atoms with E-state index in [1.165, 1.54) is 19.3 Å². The van der Waals surface area contributed by atoms with Crippen LogP contribution in [0.5, 0.6) is 0 Å². The minimum Gasteiger partial charge on any atom is -0.306 e. The molecule has 1 aliphatic rings. The molecule has 0 aromatic carbocycles. The molecule has 15 heavy (non-hydrogen) atoms. The Bertz CT molecular complexity index is 150. The van der Waals surface area contributed by atoms with Crippen LogP contribution in [0.3, 0.4) is 0 Å². The van der Waals surface area contributed by atoms with Gasteiger partial charge in [-0.1, -0.05) is 0 Å². The highest BCUT2D eigenvalue weighted by molar-refractivity contribution is 4.89. The molecule has 0 saturated heterocycles. The number of hydrogen-bond donors (Lipinski definition) is 0. The Morgan fingerprint density at radius 1 is 0.533 bits per heavy atom. The van der Waals surface area contributed by atoms with Crippen molar-refractivity contribution in [2.24, 2.45) is 0 Å². The van der Waals surface area contributed by atoms with Crippen molar-refractivity contribution >= 4 is 0 Å². The highest BCUT2D eigenvalue weighted by Gasteiger charge is 2.31. The van der Waals surface area contributed by atoms with Gasteiger partial charge in [0.25, 0.3) is 0 Å². The maximum Gasteiger partial charge on any atom is 0.0119 e. The summed E-state index contributed by atoms with van der Waals surface area (Å²) < 4.78 is 0. The predicted octanol–water partition coefficient (Wildman–Crippen LogP) is 0.961. The lowest BCUT2D eigenvalue weighted by molar-refractivity contribution is 0.0850. The van der Waals surface area contributed by atoms with Gasteiger partial charge >= 0.3 is 0 Å². The largest absolute Gasteiger partial charge is 0.306 e. The first kappa shape index (κ1) is 12.9. The Labute approximate surface area is 95.0 Å². The van der Waals surface area contributed by atoms with Crippen molar-refractivity contribution in [3.05, 3.63) is 0 Å². The molecule has 0 heterocycles. The molecule has 90 valence electrons. The molecule has 0 aromatic heterocycles. The summed E-state index contributed by atoms with van der Waals surface area (Å²) in [6, 6.07) is 2.20. The third kappa shape index (κ3) is 3.44. The highest BCUT2D eigenvalue weighted by atomic mass is 15.2. The minimum absolute atomic E-state index is 0.735. The van der Waals surface area contributed by atoms with Crippen molar-refractivity contribution in [1.82, 2.24) is 14.7 Å². The van der Waals surface area contributed by atoms with Crippen molar-refractivity contribution in [2.45, 2.75) is 37.4 Å². The molecule has 0 radical (unpaired) electrons. The normalized spacial score (nSPS) is 33.0. The van der Waals surface area contributed by atoms with Gasteiger partial charge < -0.3 is 14.7 Å². The van der Waals surface area contributed by atoms with Crippen LogP contribution in [0.4, 0.5) is 0 Å². The first-order chi connectivity index (χ1) is 6.91. The summed E-state index contributed by atoms with van der Waals surface area (Å²) >= 11 is 0. The summed E-state index contributed by atoms with van der Waals surface area (Å²) in [7, 11) is 13.2. The van der Waals surface area contributed by atoms with Gasteiger partial charge in [-0.15, -0.1) is 0 Å². The molecule has 1 aliphatic carbocycles. The Hall–Kier alpha value is -0.120. The molecule has 0 atom stereocenters. The van der Waals surface area contributed by atoms with Crippen LogP contribution >= 0.6 is 0 Å². The molecule has 0 amide bonds. The maximum atomic E-state index is 2.38. The molecule has 0 aliphatic heterocycles. The summed E-state index contributed by atoms with van der Waals surface area (Å²) in [6.45, 7) is 0. The van der Waals surface area contributed by atoms with Crippen LogP contribution in [0.25, 0.3) is 0 Å². The van der Waals surface area contributed by atoms with Gasteiger partial charge in [0.15, 0.2) is 0 Å². The van der Waals surface area contributed by atoms with Gasteiger partial charge in [0.2, 0.25) is 0 Å². The van der Waals surface area contributed by atoms with Crippen LogP contribution in [0.2, 0.25) is 0 Å². The van der Waals surface area contributed by atoms with E-state index in [1.54, 1.807) is 0 Å². The Morgan fingerprint density at radius 3 is 0.867 bits per heavy atom. The topological polar surface area (TPSA) is 9.72 Å². The quantitative estimate of drug-likeness (QED) is 0.691. The van der Waals surface area contributed by atoms with Crippen LogP contribution in [0.1, 0.15) is 19.3 Å². The molecular weight excluding hydrogens is 186 g/mol. The van der Waals surface area contributed by atoms with E-state index in [2.05, 4.69) is 57.0 Å². The summed E-state index contributed by atoms with van der Waals surface area (Å²) in [5, 5.41) is 0. The molecule has 1 rings (SSSR count). The SMILES string of the molecule is CN(C)C1CC(N(C)C)CC(N(C)C)C1. The molecule has 0 N–H and O–H groups in total. The Morgan fingerprint density at radius 2 is 0.733 bits per heavy atom. The zero-order valence-electron chi connectivity index (χ0n) is 11.2. The molecular formula is C12H27N3. The molecule has 1 saturated carbocycles. The van der Waals surface area contributed by atoms with Gasteiger partial charge in [0.05, 0.1) is 0 Å². The monoisotopic (exact) mass is 213 g/mol. The summed E-state index contributed by atoms with van der Waals surface area (Å²) in [6.07, 6.45) is 3.93. The third-order valence-corrected chi connectivity index (χ3v) is 3.82. The van der Waals surface area contributed by atoms with Crippen LogP contribution in [-0.2, 0) is 0 Å². The fourth-order valence-electron chi connectivity index (χ4n) is 2.50. The van der Waals surface area contributed by atoms with Gasteiger partial charge in [0, 0.05) is 18.1 Å². The van der Waals surface area contributed by atoms with E-state index in [0.717, 1.165) is 18.1 Å². The fraction of sp³-hybridized carbons (Fsp3) is 1.00. The van der Waals surface area contributed by atoms with E-state index in [1.807, 2.05) is 0 Å². The molecule has 0 bridgehead atoms. The molecule has 0 aromatic rings. The van der Waals surface area contributed by atoms with Crippen molar-refractivity contribution in [3.63, 3.8) is 0 Å². The minimum atomic E-state index is 0.735. The van der Waals surface area contributed by atoms with Crippen LogP contribution < -0.4 is 0 Å². The average molecular weight is 213 g/mol. The van der Waals surface area contributed by atoms with Gasteiger partial charge in [0.1, 0.15) is 0 Å². The lowest BCUT2D eigenvalue weighted by atomic mass is 9.85. The van der Waals surface area contributed by atoms with Crippen molar-refractivity contribution in [2.75, 3.05) is 42.3 Å². The molecule has 0 unspecified atom stereocenters. The van der Waals surface area contributed by atoms with Gasteiger partial charge in [-0.25, -0.2) is 0 Å². The first-order valence-corrected chi connectivity index (χ1v) is 5.91. The molecule has 3 heteroatoms. The van der Waals surface area contributed by atoms with Gasteiger partial charge in [-0.3, -0.25) is 0 Å². The van der Waals surface area contributed by atoms with E-state index in [4.69, 9.17) is 0 Å². The smallest absolute Gasteiger partial charge is 0.0119 e. The predicted molar refractivity (Wildman–Crippen MR) is 66.3 cm³/mol. The zero-order chi connectivity index (χ0) is 11.6. The molecule has 3 nitrogen and oxygen atoms in total. The second kappa shape index (κ2) is 5.28. The second-order valence-corrected chi connectivity index (χ2v) is 5.56. The van der Waals surface area contributed by atoms with Crippen LogP contribution in [0.15, 0.2) is 0 Å². The van der Waals surface area contributed by atoms with Crippen molar-refractivity contribution in [3.8, 4) is 0 Å². The molecule has 1 fully saturated rings. The van der Waals surface area contributed by atoms with Crippen LogP contribution in [-0.4, -0.2) is 75.1 Å². The second-order valence-electron chi connectivity index (χ2n) is 5.56. The lowest BCUT2D eigenvalue weighted by Gasteiger charge is -2.42. The van der Waals surface area contributed by atoms with Crippen molar-refractivity contribution in [1.29, 1.82) is 0 Å². The Balaban J connectivity index is 2.64. The number of hydrogen-bond acceptors (Lipinski definition) is 3. The standard InChI is InChI=1S/C12H27N3/c1-13(2)10-7-11(14(3)4)9-12(8-10)15(5)6/h10-12H,7-9H2,1-6H3. The van der Waals surface area contributed by atoms with E-state index < -0.39 is 0 Å². The van der Waals surface area contributed by atoms with E-state index in [9.17, 15) is 0 Å². The fourth-order valence-corrected chi connectivity index (χ4v) is 2.50. The van der Waals surface area contributed by atoms with E-state index in [0.29, 0.717) is 0 Å². The zero-order valence-corrected chi connectivity index (χ0v) is 11.2. The lowest BCUT2D eigenvalue weighted by Crippen LogP contribution is -2.49. The highest BCUT2D eigenvalue weighted by Crippen LogP contribution is 2.26. The summed E-state index contributed by atoms with van der Waals surface area (Å²) in [4.78, 5) is 7.14. The summed E-state index contributed by atoms with van der Waals surface area (Å²) in [5.41, 5.74) is 0.